The molecule has 0 saturated carbocycles. The molecule has 1 heterocycles. The molecule has 0 amide bonds. The molecule has 2 nitrogen and oxygen atoms in total. The topological polar surface area (TPSA) is 15.3 Å². The summed E-state index contributed by atoms with van der Waals surface area (Å²) in [6.45, 7) is 7.96. The zero-order chi connectivity index (χ0) is 13.7. The van der Waals surface area contributed by atoms with E-state index in [1.165, 1.54) is 18.4 Å². The van der Waals surface area contributed by atoms with Crippen molar-refractivity contribution in [3.05, 3.63) is 35.6 Å². The summed E-state index contributed by atoms with van der Waals surface area (Å²) in [5.41, 5.74) is 1.22. The third-order valence-electron chi connectivity index (χ3n) is 4.03. The number of nitrogens with zero attached hydrogens (tertiary/aromatic N) is 1. The average molecular weight is 264 g/mol. The maximum atomic E-state index is 12.9. The van der Waals surface area contributed by atoms with Gasteiger partial charge in [0.1, 0.15) is 5.82 Å². The molecule has 1 N–H and O–H groups in total. The van der Waals surface area contributed by atoms with Crippen LogP contribution in [-0.4, -0.2) is 36.6 Å². The van der Waals surface area contributed by atoms with Crippen molar-refractivity contribution in [1.82, 2.24) is 10.2 Å². The number of hydrogen-bond acceptors (Lipinski definition) is 2. The van der Waals surface area contributed by atoms with Gasteiger partial charge in [0.05, 0.1) is 0 Å². The lowest BCUT2D eigenvalue weighted by Gasteiger charge is -2.32. The zero-order valence-corrected chi connectivity index (χ0v) is 12.0. The van der Waals surface area contributed by atoms with E-state index in [2.05, 4.69) is 24.1 Å². The summed E-state index contributed by atoms with van der Waals surface area (Å²) < 4.78 is 12.9. The van der Waals surface area contributed by atoms with Gasteiger partial charge >= 0.3 is 0 Å². The second-order valence-electron chi connectivity index (χ2n) is 5.71. The first-order valence-electron chi connectivity index (χ1n) is 7.37. The minimum Gasteiger partial charge on any atom is -0.314 e. The van der Waals surface area contributed by atoms with Crippen molar-refractivity contribution < 1.29 is 4.39 Å². The first-order valence-corrected chi connectivity index (χ1v) is 7.37. The van der Waals surface area contributed by atoms with Crippen LogP contribution in [0.15, 0.2) is 24.3 Å². The highest BCUT2D eigenvalue weighted by Crippen LogP contribution is 2.12. The summed E-state index contributed by atoms with van der Waals surface area (Å²) in [6, 6.07) is 8.06. The van der Waals surface area contributed by atoms with Gasteiger partial charge in [0.2, 0.25) is 0 Å². The average Bonchev–Trinajstić information content (AvgIpc) is 2.37. The molecule has 0 aliphatic carbocycles. The quantitative estimate of drug-likeness (QED) is 0.903. The Morgan fingerprint density at radius 1 is 1.32 bits per heavy atom. The van der Waals surface area contributed by atoms with Crippen LogP contribution in [0, 0.1) is 5.82 Å². The highest BCUT2D eigenvalue weighted by Gasteiger charge is 2.17. The van der Waals surface area contributed by atoms with E-state index in [-0.39, 0.29) is 5.82 Å². The first-order chi connectivity index (χ1) is 9.15. The highest BCUT2D eigenvalue weighted by atomic mass is 19.1. The largest absolute Gasteiger partial charge is 0.314 e. The molecule has 2 rings (SSSR count). The Morgan fingerprint density at radius 2 is 2.05 bits per heavy atom. The van der Waals surface area contributed by atoms with E-state index in [1.54, 1.807) is 12.1 Å². The van der Waals surface area contributed by atoms with Crippen LogP contribution in [0.5, 0.6) is 0 Å². The monoisotopic (exact) mass is 264 g/mol. The van der Waals surface area contributed by atoms with Gasteiger partial charge in [-0.15, -0.1) is 0 Å². The molecule has 106 valence electrons. The fourth-order valence-electron chi connectivity index (χ4n) is 2.74. The summed E-state index contributed by atoms with van der Waals surface area (Å²) in [5, 5.41) is 3.53. The van der Waals surface area contributed by atoms with Crippen molar-refractivity contribution in [2.45, 2.75) is 45.2 Å². The lowest BCUT2D eigenvalue weighted by atomic mass is 10.0. The molecule has 0 radical (unpaired) electrons. The summed E-state index contributed by atoms with van der Waals surface area (Å²) >= 11 is 0. The normalized spacial score (nSPS) is 23.6. The van der Waals surface area contributed by atoms with E-state index in [1.807, 2.05) is 12.1 Å². The molecule has 1 aliphatic rings. The van der Waals surface area contributed by atoms with Crippen molar-refractivity contribution in [2.24, 2.45) is 0 Å². The van der Waals surface area contributed by atoms with Gasteiger partial charge in [-0.25, -0.2) is 4.39 Å². The fourth-order valence-corrected chi connectivity index (χ4v) is 2.74. The lowest BCUT2D eigenvalue weighted by Crippen LogP contribution is -2.43. The Labute approximate surface area is 116 Å². The van der Waals surface area contributed by atoms with Gasteiger partial charge in [0.25, 0.3) is 0 Å². The fraction of sp³-hybridized carbons (Fsp3) is 0.625. The number of nitrogens with one attached hydrogen (secondary N) is 1. The number of benzene rings is 1. The molecular formula is C16H25FN2. The second-order valence-corrected chi connectivity index (χ2v) is 5.71. The minimum absolute atomic E-state index is 0.150. The predicted octanol–water partition coefficient (Wildman–Crippen LogP) is 2.83. The maximum absolute atomic E-state index is 12.9. The second kappa shape index (κ2) is 7.01. The highest BCUT2D eigenvalue weighted by molar-refractivity contribution is 5.17. The molecule has 1 aromatic rings. The van der Waals surface area contributed by atoms with Crippen molar-refractivity contribution in [3.8, 4) is 0 Å². The molecular weight excluding hydrogens is 239 g/mol. The lowest BCUT2D eigenvalue weighted by molar-refractivity contribution is 0.183. The van der Waals surface area contributed by atoms with Gasteiger partial charge in [-0.05, 0) is 70.4 Å². The van der Waals surface area contributed by atoms with E-state index in [0.29, 0.717) is 12.1 Å². The molecule has 0 spiro atoms. The van der Waals surface area contributed by atoms with Gasteiger partial charge in [-0.1, -0.05) is 12.1 Å². The van der Waals surface area contributed by atoms with Crippen LogP contribution in [0.4, 0.5) is 4.39 Å². The van der Waals surface area contributed by atoms with Gasteiger partial charge in [-0.2, -0.15) is 0 Å². The maximum Gasteiger partial charge on any atom is 0.123 e. The number of rotatable bonds is 3. The van der Waals surface area contributed by atoms with Crippen LogP contribution in [0.1, 0.15) is 32.3 Å². The number of halogens is 1. The van der Waals surface area contributed by atoms with E-state index >= 15 is 0 Å². The first kappa shape index (κ1) is 14.5. The SMILES string of the molecule is CC1CCN(C(C)Cc2ccc(F)cc2)CCCN1. The summed E-state index contributed by atoms with van der Waals surface area (Å²) in [7, 11) is 0. The molecule has 1 fully saturated rings. The zero-order valence-electron chi connectivity index (χ0n) is 12.0. The van der Waals surface area contributed by atoms with E-state index in [0.717, 1.165) is 26.1 Å². The third kappa shape index (κ3) is 4.59. The van der Waals surface area contributed by atoms with Crippen molar-refractivity contribution in [2.75, 3.05) is 19.6 Å². The van der Waals surface area contributed by atoms with Crippen molar-refractivity contribution in [1.29, 1.82) is 0 Å². The predicted molar refractivity (Wildman–Crippen MR) is 77.8 cm³/mol. The molecule has 2 atom stereocenters. The minimum atomic E-state index is -0.150. The standard InChI is InChI=1S/C16H25FN2/c1-13-8-11-19(10-3-9-18-13)14(2)12-15-4-6-16(17)7-5-15/h4-7,13-14,18H,3,8-12H2,1-2H3. The van der Waals surface area contributed by atoms with Gasteiger partial charge in [0, 0.05) is 12.1 Å². The third-order valence-corrected chi connectivity index (χ3v) is 4.03. The molecule has 1 saturated heterocycles. The molecule has 19 heavy (non-hydrogen) atoms. The van der Waals surface area contributed by atoms with Crippen LogP contribution in [0.2, 0.25) is 0 Å². The van der Waals surface area contributed by atoms with Crippen LogP contribution < -0.4 is 5.32 Å². The molecule has 1 aromatic carbocycles. The smallest absolute Gasteiger partial charge is 0.123 e. The Bertz CT molecular complexity index is 377. The Morgan fingerprint density at radius 3 is 2.79 bits per heavy atom. The molecule has 1 aliphatic heterocycles. The van der Waals surface area contributed by atoms with Gasteiger partial charge < -0.3 is 10.2 Å². The van der Waals surface area contributed by atoms with Crippen LogP contribution in [-0.2, 0) is 6.42 Å². The van der Waals surface area contributed by atoms with Crippen LogP contribution in [0.3, 0.4) is 0 Å². The molecule has 0 bridgehead atoms. The van der Waals surface area contributed by atoms with E-state index in [4.69, 9.17) is 0 Å². The summed E-state index contributed by atoms with van der Waals surface area (Å²) in [4.78, 5) is 2.57. The number of hydrogen-bond donors (Lipinski definition) is 1. The van der Waals surface area contributed by atoms with Gasteiger partial charge in [0.15, 0.2) is 0 Å². The molecule has 2 unspecified atom stereocenters. The molecule has 0 aromatic heterocycles. The Hall–Kier alpha value is -0.930. The summed E-state index contributed by atoms with van der Waals surface area (Å²) in [5.74, 6) is -0.150. The van der Waals surface area contributed by atoms with Gasteiger partial charge in [-0.3, -0.25) is 0 Å². The molecule has 3 heteroatoms. The Balaban J connectivity index is 1.90. The van der Waals surface area contributed by atoms with E-state index in [9.17, 15) is 4.39 Å². The van der Waals surface area contributed by atoms with Crippen molar-refractivity contribution >= 4 is 0 Å². The van der Waals surface area contributed by atoms with Crippen LogP contribution >= 0.6 is 0 Å². The van der Waals surface area contributed by atoms with Crippen molar-refractivity contribution in [3.63, 3.8) is 0 Å². The Kier molecular flexibility index (Phi) is 5.34. The van der Waals surface area contributed by atoms with Crippen LogP contribution in [0.25, 0.3) is 0 Å². The summed E-state index contributed by atoms with van der Waals surface area (Å²) in [6.07, 6.45) is 3.41. The van der Waals surface area contributed by atoms with E-state index < -0.39 is 0 Å².